The number of amides is 1. The van der Waals surface area contributed by atoms with Gasteiger partial charge >= 0.3 is 5.97 Å². The van der Waals surface area contributed by atoms with Crippen molar-refractivity contribution in [2.45, 2.75) is 32.9 Å². The van der Waals surface area contributed by atoms with Crippen molar-refractivity contribution in [3.8, 4) is 5.75 Å². The molecular formula is C18H23N3O4. The summed E-state index contributed by atoms with van der Waals surface area (Å²) >= 11 is 0. The normalized spacial score (nSPS) is 12.0. The molecule has 0 saturated heterocycles. The van der Waals surface area contributed by atoms with Crippen LogP contribution in [0, 0.1) is 5.92 Å². The number of aromatic nitrogens is 2. The Morgan fingerprint density at radius 1 is 1.28 bits per heavy atom. The smallest absolute Gasteiger partial charge is 0.326 e. The molecule has 0 aliphatic heterocycles. The molecule has 1 heterocycles. The quantitative estimate of drug-likeness (QED) is 0.765. The number of carbonyl (C=O) groups excluding carboxylic acids is 1. The van der Waals surface area contributed by atoms with Gasteiger partial charge in [0, 0.05) is 6.20 Å². The molecule has 7 heteroatoms. The van der Waals surface area contributed by atoms with E-state index in [1.807, 2.05) is 38.1 Å². The summed E-state index contributed by atoms with van der Waals surface area (Å²) in [4.78, 5) is 23.5. The predicted octanol–water partition coefficient (Wildman–Crippen LogP) is 2.17. The topological polar surface area (TPSA) is 93.5 Å². The first-order valence-corrected chi connectivity index (χ1v) is 8.08. The molecule has 2 rings (SSSR count). The Morgan fingerprint density at radius 3 is 2.52 bits per heavy atom. The van der Waals surface area contributed by atoms with E-state index in [4.69, 9.17) is 4.74 Å². The molecule has 0 radical (unpaired) electrons. The Labute approximate surface area is 146 Å². The minimum absolute atomic E-state index is 0.166. The number of nitrogens with zero attached hydrogens (tertiary/aromatic N) is 2. The number of nitrogens with one attached hydrogen (secondary N) is 1. The maximum absolute atomic E-state index is 12.2. The number of methoxy groups -OCH3 is 1. The molecular weight excluding hydrogens is 322 g/mol. The average molecular weight is 345 g/mol. The van der Waals surface area contributed by atoms with E-state index in [1.165, 1.54) is 6.20 Å². The summed E-state index contributed by atoms with van der Waals surface area (Å²) in [6, 6.07) is 6.65. The van der Waals surface area contributed by atoms with Crippen molar-refractivity contribution in [3.63, 3.8) is 0 Å². The van der Waals surface area contributed by atoms with Gasteiger partial charge in [-0.15, -0.1) is 0 Å². The third-order valence-corrected chi connectivity index (χ3v) is 3.71. The van der Waals surface area contributed by atoms with E-state index in [0.717, 1.165) is 11.3 Å². The highest BCUT2D eigenvalue weighted by molar-refractivity contribution is 5.96. The number of carboxylic acids is 1. The summed E-state index contributed by atoms with van der Waals surface area (Å²) < 4.78 is 6.75. The van der Waals surface area contributed by atoms with E-state index in [1.54, 1.807) is 18.0 Å². The van der Waals surface area contributed by atoms with E-state index in [2.05, 4.69) is 10.4 Å². The van der Waals surface area contributed by atoms with Crippen molar-refractivity contribution in [3.05, 3.63) is 47.8 Å². The Morgan fingerprint density at radius 2 is 1.96 bits per heavy atom. The largest absolute Gasteiger partial charge is 0.497 e. The number of carboxylic acid groups (broad SMARTS) is 1. The van der Waals surface area contributed by atoms with Crippen LogP contribution in [0.2, 0.25) is 0 Å². The number of aliphatic carboxylic acids is 1. The van der Waals surface area contributed by atoms with E-state index in [-0.39, 0.29) is 5.92 Å². The zero-order chi connectivity index (χ0) is 18.4. The SMILES string of the molecule is COc1ccc(Cn2cc(C(=O)N[C@@H](CC(C)C)C(=O)O)cn2)cc1. The maximum atomic E-state index is 12.2. The van der Waals surface area contributed by atoms with Gasteiger partial charge in [0.15, 0.2) is 0 Å². The summed E-state index contributed by atoms with van der Waals surface area (Å²) in [7, 11) is 1.61. The lowest BCUT2D eigenvalue weighted by Crippen LogP contribution is -2.41. The molecule has 0 aliphatic rings. The Balaban J connectivity index is 2.01. The first kappa shape index (κ1) is 18.5. The molecule has 0 bridgehead atoms. The standard InChI is InChI=1S/C18H23N3O4/c1-12(2)8-16(18(23)24)20-17(22)14-9-19-21(11-14)10-13-4-6-15(25-3)7-5-13/h4-7,9,11-12,16H,8,10H2,1-3H3,(H,20,22)(H,23,24)/t16-/m0/s1. The van der Waals surface area contributed by atoms with Crippen LogP contribution in [0.3, 0.4) is 0 Å². The highest BCUT2D eigenvalue weighted by Gasteiger charge is 2.22. The maximum Gasteiger partial charge on any atom is 0.326 e. The molecule has 2 aromatic rings. The highest BCUT2D eigenvalue weighted by atomic mass is 16.5. The number of rotatable bonds is 8. The molecule has 1 aromatic carbocycles. The monoisotopic (exact) mass is 345 g/mol. The van der Waals surface area contributed by atoms with Gasteiger partial charge in [0.1, 0.15) is 11.8 Å². The number of benzene rings is 1. The number of ether oxygens (including phenoxy) is 1. The third-order valence-electron chi connectivity index (χ3n) is 3.71. The predicted molar refractivity (Wildman–Crippen MR) is 92.7 cm³/mol. The van der Waals surface area contributed by atoms with Crippen LogP contribution < -0.4 is 10.1 Å². The molecule has 0 unspecified atom stereocenters. The third kappa shape index (κ3) is 5.34. The molecule has 0 saturated carbocycles. The molecule has 134 valence electrons. The summed E-state index contributed by atoms with van der Waals surface area (Å²) in [5.74, 6) is -0.532. The van der Waals surface area contributed by atoms with Crippen LogP contribution >= 0.6 is 0 Å². The van der Waals surface area contributed by atoms with Crippen LogP contribution in [0.15, 0.2) is 36.7 Å². The molecule has 0 aliphatic carbocycles. The van der Waals surface area contributed by atoms with Gasteiger partial charge in [-0.1, -0.05) is 26.0 Å². The minimum Gasteiger partial charge on any atom is -0.497 e. The van der Waals surface area contributed by atoms with Crippen LogP contribution in [0.25, 0.3) is 0 Å². The van der Waals surface area contributed by atoms with Crippen molar-refractivity contribution in [1.29, 1.82) is 0 Å². The second kappa shape index (κ2) is 8.32. The van der Waals surface area contributed by atoms with E-state index < -0.39 is 17.9 Å². The van der Waals surface area contributed by atoms with E-state index in [0.29, 0.717) is 18.5 Å². The van der Waals surface area contributed by atoms with Gasteiger partial charge in [0.25, 0.3) is 5.91 Å². The molecule has 0 spiro atoms. The molecule has 25 heavy (non-hydrogen) atoms. The lowest BCUT2D eigenvalue weighted by atomic mass is 10.0. The van der Waals surface area contributed by atoms with Crippen LogP contribution in [0.4, 0.5) is 0 Å². The summed E-state index contributed by atoms with van der Waals surface area (Å²) in [6.45, 7) is 4.33. The van der Waals surface area contributed by atoms with Crippen molar-refractivity contribution in [1.82, 2.24) is 15.1 Å². The number of carbonyl (C=O) groups is 2. The lowest BCUT2D eigenvalue weighted by Gasteiger charge is -2.15. The van der Waals surface area contributed by atoms with Crippen molar-refractivity contribution < 1.29 is 19.4 Å². The second-order valence-electron chi connectivity index (χ2n) is 6.27. The van der Waals surface area contributed by atoms with Gasteiger partial charge in [0.2, 0.25) is 0 Å². The first-order chi connectivity index (χ1) is 11.9. The van der Waals surface area contributed by atoms with Gasteiger partial charge in [-0.2, -0.15) is 5.10 Å². The molecule has 0 fully saturated rings. The summed E-state index contributed by atoms with van der Waals surface area (Å²) in [5, 5.41) is 15.9. The summed E-state index contributed by atoms with van der Waals surface area (Å²) in [5.41, 5.74) is 1.35. The Hall–Kier alpha value is -2.83. The van der Waals surface area contributed by atoms with Crippen molar-refractivity contribution in [2.24, 2.45) is 5.92 Å². The van der Waals surface area contributed by atoms with Gasteiger partial charge in [-0.05, 0) is 30.0 Å². The van der Waals surface area contributed by atoms with Crippen molar-refractivity contribution in [2.75, 3.05) is 7.11 Å². The molecule has 1 atom stereocenters. The highest BCUT2D eigenvalue weighted by Crippen LogP contribution is 2.12. The van der Waals surface area contributed by atoms with Crippen LogP contribution in [-0.2, 0) is 11.3 Å². The minimum atomic E-state index is -1.03. The Bertz CT molecular complexity index is 722. The fourth-order valence-electron chi connectivity index (χ4n) is 2.42. The first-order valence-electron chi connectivity index (χ1n) is 8.08. The fraction of sp³-hybridized carbons (Fsp3) is 0.389. The summed E-state index contributed by atoms with van der Waals surface area (Å²) in [6.07, 6.45) is 3.42. The fourth-order valence-corrected chi connectivity index (χ4v) is 2.42. The van der Waals surface area contributed by atoms with Crippen molar-refractivity contribution >= 4 is 11.9 Å². The molecule has 1 aromatic heterocycles. The average Bonchev–Trinajstić information content (AvgIpc) is 3.03. The van der Waals surface area contributed by atoms with Gasteiger partial charge < -0.3 is 15.2 Å². The van der Waals surface area contributed by atoms with E-state index in [9.17, 15) is 14.7 Å². The Kier molecular flexibility index (Phi) is 6.16. The van der Waals surface area contributed by atoms with Gasteiger partial charge in [-0.25, -0.2) is 4.79 Å². The number of hydrogen-bond donors (Lipinski definition) is 2. The zero-order valence-corrected chi connectivity index (χ0v) is 14.6. The molecule has 2 N–H and O–H groups in total. The van der Waals surface area contributed by atoms with Crippen LogP contribution in [0.1, 0.15) is 36.2 Å². The van der Waals surface area contributed by atoms with Crippen LogP contribution in [-0.4, -0.2) is 39.9 Å². The number of hydrogen-bond acceptors (Lipinski definition) is 4. The van der Waals surface area contributed by atoms with Gasteiger partial charge in [-0.3, -0.25) is 9.48 Å². The molecule has 7 nitrogen and oxygen atoms in total. The van der Waals surface area contributed by atoms with E-state index >= 15 is 0 Å². The lowest BCUT2D eigenvalue weighted by molar-refractivity contribution is -0.139. The zero-order valence-electron chi connectivity index (χ0n) is 14.6. The second-order valence-corrected chi connectivity index (χ2v) is 6.27. The van der Waals surface area contributed by atoms with Crippen LogP contribution in [0.5, 0.6) is 5.75 Å². The molecule has 1 amide bonds. The van der Waals surface area contributed by atoms with Gasteiger partial charge in [0.05, 0.1) is 25.4 Å².